The summed E-state index contributed by atoms with van der Waals surface area (Å²) in [4.78, 5) is 16.7. The third-order valence-corrected chi connectivity index (χ3v) is 5.17. The van der Waals surface area contributed by atoms with Gasteiger partial charge in [-0.05, 0) is 25.1 Å². The molecule has 0 unspecified atom stereocenters. The third-order valence-electron chi connectivity index (χ3n) is 2.64. The van der Waals surface area contributed by atoms with E-state index in [1.165, 1.54) is 34.8 Å². The van der Waals surface area contributed by atoms with Gasteiger partial charge in [0.25, 0.3) is 5.91 Å². The Hall–Kier alpha value is -1.50. The van der Waals surface area contributed by atoms with Gasteiger partial charge in [0.05, 0.1) is 10.7 Å². The molecule has 3 rings (SSSR count). The lowest BCUT2D eigenvalue weighted by molar-refractivity contribution is 0.103. The molecule has 0 bridgehead atoms. The number of amides is 1. The minimum atomic E-state index is -0.349. The van der Waals surface area contributed by atoms with E-state index in [0.29, 0.717) is 25.1 Å². The van der Waals surface area contributed by atoms with Crippen LogP contribution in [0.5, 0.6) is 0 Å². The first kappa shape index (κ1) is 13.5. The average Bonchev–Trinajstić information content (AvgIpc) is 2.94. The van der Waals surface area contributed by atoms with Gasteiger partial charge in [0.15, 0.2) is 5.13 Å². The van der Waals surface area contributed by atoms with Crippen molar-refractivity contribution in [1.29, 1.82) is 0 Å². The second-order valence-corrected chi connectivity index (χ2v) is 6.42. The van der Waals surface area contributed by atoms with Gasteiger partial charge in [0.1, 0.15) is 10.7 Å². The summed E-state index contributed by atoms with van der Waals surface area (Å²) < 4.78 is 13.8. The molecule has 1 N–H and O–H groups in total. The zero-order chi connectivity index (χ0) is 14.3. The van der Waals surface area contributed by atoms with Crippen LogP contribution in [0.15, 0.2) is 23.6 Å². The molecule has 3 aromatic rings. The van der Waals surface area contributed by atoms with Crippen LogP contribution in [-0.2, 0) is 0 Å². The number of aryl methyl sites for hydroxylation is 1. The van der Waals surface area contributed by atoms with Gasteiger partial charge in [-0.2, -0.15) is 0 Å². The Morgan fingerprint density at radius 3 is 2.95 bits per heavy atom. The molecular formula is C13H8ClFN2OS2. The maximum Gasteiger partial charge on any atom is 0.269 e. The Kier molecular flexibility index (Phi) is 3.45. The minimum absolute atomic E-state index is 0.328. The summed E-state index contributed by atoms with van der Waals surface area (Å²) in [6.07, 6.45) is 0. The smallest absolute Gasteiger partial charge is 0.269 e. The van der Waals surface area contributed by atoms with Crippen molar-refractivity contribution in [3.05, 3.63) is 45.0 Å². The molecule has 3 nitrogen and oxygen atoms in total. The molecule has 0 radical (unpaired) electrons. The third kappa shape index (κ3) is 2.42. The predicted octanol–water partition coefficient (Wildman–Crippen LogP) is 4.71. The van der Waals surface area contributed by atoms with Crippen molar-refractivity contribution in [1.82, 2.24) is 4.98 Å². The number of hydrogen-bond acceptors (Lipinski definition) is 4. The topological polar surface area (TPSA) is 42.0 Å². The Bertz CT molecular complexity index is 812. The predicted molar refractivity (Wildman–Crippen MR) is 81.6 cm³/mol. The van der Waals surface area contributed by atoms with Crippen molar-refractivity contribution in [3.8, 4) is 0 Å². The van der Waals surface area contributed by atoms with Crippen LogP contribution in [0.25, 0.3) is 10.1 Å². The lowest BCUT2D eigenvalue weighted by atomic mass is 10.2. The summed E-state index contributed by atoms with van der Waals surface area (Å²) in [7, 11) is 0. The van der Waals surface area contributed by atoms with E-state index in [4.69, 9.17) is 11.6 Å². The molecule has 0 aliphatic rings. The van der Waals surface area contributed by atoms with Crippen molar-refractivity contribution in [2.45, 2.75) is 6.92 Å². The molecule has 7 heteroatoms. The number of fused-ring (bicyclic) bond motifs is 1. The van der Waals surface area contributed by atoms with Gasteiger partial charge in [-0.25, -0.2) is 9.37 Å². The van der Waals surface area contributed by atoms with Gasteiger partial charge in [-0.15, -0.1) is 22.7 Å². The van der Waals surface area contributed by atoms with Crippen molar-refractivity contribution >= 4 is 55.4 Å². The van der Waals surface area contributed by atoms with Crippen LogP contribution >= 0.6 is 34.3 Å². The first-order chi connectivity index (χ1) is 9.54. The van der Waals surface area contributed by atoms with Gasteiger partial charge >= 0.3 is 0 Å². The molecule has 0 atom stereocenters. The van der Waals surface area contributed by atoms with E-state index >= 15 is 0 Å². The van der Waals surface area contributed by atoms with Crippen LogP contribution in [0, 0.1) is 12.7 Å². The maximum atomic E-state index is 13.2. The number of halogens is 2. The fourth-order valence-corrected chi connectivity index (χ4v) is 3.87. The van der Waals surface area contributed by atoms with Gasteiger partial charge in [0.2, 0.25) is 0 Å². The molecule has 20 heavy (non-hydrogen) atoms. The highest BCUT2D eigenvalue weighted by Crippen LogP contribution is 2.36. The lowest BCUT2D eigenvalue weighted by Gasteiger charge is -1.98. The van der Waals surface area contributed by atoms with Crippen LogP contribution in [0.1, 0.15) is 15.4 Å². The van der Waals surface area contributed by atoms with Crippen LogP contribution in [0.2, 0.25) is 5.02 Å². The second kappa shape index (κ2) is 5.12. The molecular weight excluding hydrogens is 319 g/mol. The molecule has 2 aromatic heterocycles. The van der Waals surface area contributed by atoms with Gasteiger partial charge < -0.3 is 0 Å². The number of thiazole rings is 1. The zero-order valence-corrected chi connectivity index (χ0v) is 12.6. The highest BCUT2D eigenvalue weighted by atomic mass is 35.5. The summed E-state index contributed by atoms with van der Waals surface area (Å²) >= 11 is 8.70. The van der Waals surface area contributed by atoms with E-state index in [1.54, 1.807) is 6.07 Å². The summed E-state index contributed by atoms with van der Waals surface area (Å²) in [6.45, 7) is 1.85. The monoisotopic (exact) mass is 326 g/mol. The van der Waals surface area contributed by atoms with Crippen LogP contribution in [0.4, 0.5) is 9.52 Å². The Balaban J connectivity index is 1.97. The molecule has 0 spiro atoms. The number of rotatable bonds is 2. The number of thiophene rings is 1. The van der Waals surface area contributed by atoms with Crippen LogP contribution in [-0.4, -0.2) is 10.9 Å². The number of nitrogens with zero attached hydrogens (tertiary/aromatic N) is 1. The SMILES string of the molecule is Cc1csc(NC(=O)c2sc3cc(F)ccc3c2Cl)n1. The first-order valence-electron chi connectivity index (χ1n) is 5.65. The molecule has 0 saturated heterocycles. The van der Waals surface area contributed by atoms with Crippen molar-refractivity contribution < 1.29 is 9.18 Å². The standard InChI is InChI=1S/C13H8ClFN2OS2/c1-6-5-19-13(16-6)17-12(18)11-10(14)8-3-2-7(15)4-9(8)20-11/h2-5H,1H3,(H,16,17,18). The van der Waals surface area contributed by atoms with Crippen molar-refractivity contribution in [2.24, 2.45) is 0 Å². The van der Waals surface area contributed by atoms with Gasteiger partial charge in [-0.1, -0.05) is 11.6 Å². The van der Waals surface area contributed by atoms with Gasteiger partial charge in [0, 0.05) is 15.5 Å². The number of hydrogen-bond donors (Lipinski definition) is 1. The van der Waals surface area contributed by atoms with E-state index in [0.717, 1.165) is 5.69 Å². The molecule has 102 valence electrons. The van der Waals surface area contributed by atoms with E-state index in [1.807, 2.05) is 12.3 Å². The highest BCUT2D eigenvalue weighted by molar-refractivity contribution is 7.21. The highest BCUT2D eigenvalue weighted by Gasteiger charge is 2.18. The van der Waals surface area contributed by atoms with E-state index < -0.39 is 0 Å². The van der Waals surface area contributed by atoms with E-state index in [9.17, 15) is 9.18 Å². The molecule has 0 aliphatic heterocycles. The second-order valence-electron chi connectivity index (χ2n) is 4.13. The molecule has 0 aliphatic carbocycles. The molecule has 0 fully saturated rings. The Morgan fingerprint density at radius 2 is 2.25 bits per heavy atom. The largest absolute Gasteiger partial charge is 0.297 e. The number of aromatic nitrogens is 1. The fourth-order valence-electron chi connectivity index (χ4n) is 1.75. The number of anilines is 1. The summed E-state index contributed by atoms with van der Waals surface area (Å²) in [5, 5.41) is 6.08. The van der Waals surface area contributed by atoms with Crippen molar-refractivity contribution in [2.75, 3.05) is 5.32 Å². The number of carbonyl (C=O) groups is 1. The average molecular weight is 327 g/mol. The summed E-state index contributed by atoms with van der Waals surface area (Å²) in [6, 6.07) is 4.27. The molecule has 1 aromatic carbocycles. The molecule has 1 amide bonds. The quantitative estimate of drug-likeness (QED) is 0.741. The van der Waals surface area contributed by atoms with Crippen LogP contribution in [0.3, 0.4) is 0 Å². The number of benzene rings is 1. The Labute approximate surface area is 127 Å². The summed E-state index contributed by atoms with van der Waals surface area (Å²) in [5.74, 6) is -0.677. The molecule has 0 saturated carbocycles. The first-order valence-corrected chi connectivity index (χ1v) is 7.73. The zero-order valence-electron chi connectivity index (χ0n) is 10.2. The maximum absolute atomic E-state index is 13.2. The van der Waals surface area contributed by atoms with E-state index in [-0.39, 0.29) is 11.7 Å². The normalized spacial score (nSPS) is 10.9. The number of nitrogens with one attached hydrogen (secondary N) is 1. The van der Waals surface area contributed by atoms with Crippen LogP contribution < -0.4 is 5.32 Å². The van der Waals surface area contributed by atoms with Crippen molar-refractivity contribution in [3.63, 3.8) is 0 Å². The molecule has 2 heterocycles. The van der Waals surface area contributed by atoms with Gasteiger partial charge in [-0.3, -0.25) is 10.1 Å². The Morgan fingerprint density at radius 1 is 1.45 bits per heavy atom. The minimum Gasteiger partial charge on any atom is -0.297 e. The fraction of sp³-hybridized carbons (Fsp3) is 0.0769. The summed E-state index contributed by atoms with van der Waals surface area (Å²) in [5.41, 5.74) is 0.842. The lowest BCUT2D eigenvalue weighted by Crippen LogP contribution is -2.10. The number of carbonyl (C=O) groups excluding carboxylic acids is 1. The van der Waals surface area contributed by atoms with E-state index in [2.05, 4.69) is 10.3 Å².